The average Bonchev–Trinajstić information content (AvgIpc) is 3.50. The molecule has 42 heavy (non-hydrogen) atoms. The molecular formula is C41H28O. The van der Waals surface area contributed by atoms with Gasteiger partial charge in [-0.05, 0) is 109 Å². The van der Waals surface area contributed by atoms with Gasteiger partial charge in [-0.3, -0.25) is 0 Å². The zero-order valence-corrected chi connectivity index (χ0v) is 23.6. The predicted molar refractivity (Wildman–Crippen MR) is 177 cm³/mol. The highest BCUT2D eigenvalue weighted by Crippen LogP contribution is 2.55. The van der Waals surface area contributed by atoms with Gasteiger partial charge in [-0.15, -0.1) is 0 Å². The van der Waals surface area contributed by atoms with Gasteiger partial charge in [0.05, 0.1) is 0 Å². The number of hydrogen-bond acceptors (Lipinski definition) is 1. The van der Waals surface area contributed by atoms with Gasteiger partial charge in [0.25, 0.3) is 0 Å². The Hall–Kier alpha value is -5.14. The van der Waals surface area contributed by atoms with Crippen molar-refractivity contribution in [2.24, 2.45) is 0 Å². The van der Waals surface area contributed by atoms with Crippen LogP contribution in [0.15, 0.2) is 138 Å². The van der Waals surface area contributed by atoms with Gasteiger partial charge < -0.3 is 4.42 Å². The molecule has 0 fully saturated rings. The Morgan fingerprint density at radius 1 is 0.452 bits per heavy atom. The predicted octanol–water partition coefficient (Wildman–Crippen LogP) is 11.5. The molecule has 0 bridgehead atoms. The summed E-state index contributed by atoms with van der Waals surface area (Å²) >= 11 is 0. The highest BCUT2D eigenvalue weighted by atomic mass is 16.3. The van der Waals surface area contributed by atoms with E-state index in [2.05, 4.69) is 147 Å². The maximum Gasteiger partial charge on any atom is 0.136 e. The monoisotopic (exact) mass is 536 g/mol. The van der Waals surface area contributed by atoms with Crippen molar-refractivity contribution >= 4 is 43.5 Å². The van der Waals surface area contributed by atoms with Crippen LogP contribution in [0, 0.1) is 0 Å². The zero-order valence-electron chi connectivity index (χ0n) is 23.6. The van der Waals surface area contributed by atoms with E-state index >= 15 is 0 Å². The van der Waals surface area contributed by atoms with E-state index in [1.807, 2.05) is 0 Å². The summed E-state index contributed by atoms with van der Waals surface area (Å²) in [6.07, 6.45) is 0. The molecule has 9 rings (SSSR count). The molecule has 0 N–H and O–H groups in total. The van der Waals surface area contributed by atoms with Gasteiger partial charge in [0.15, 0.2) is 0 Å². The lowest BCUT2D eigenvalue weighted by Crippen LogP contribution is -2.15. The normalized spacial score (nSPS) is 13.7. The van der Waals surface area contributed by atoms with Crippen molar-refractivity contribution in [1.82, 2.24) is 0 Å². The summed E-state index contributed by atoms with van der Waals surface area (Å²) in [6.45, 7) is 4.76. The Kier molecular flexibility index (Phi) is 4.73. The van der Waals surface area contributed by atoms with Gasteiger partial charge in [0.2, 0.25) is 0 Å². The molecule has 7 aromatic carbocycles. The molecule has 198 valence electrons. The Labute approximate surface area is 244 Å². The zero-order chi connectivity index (χ0) is 28.0. The fourth-order valence-corrected chi connectivity index (χ4v) is 7.29. The molecule has 1 heteroatoms. The maximum atomic E-state index is 6.47. The molecule has 1 nitrogen and oxygen atoms in total. The second kappa shape index (κ2) is 8.44. The van der Waals surface area contributed by atoms with E-state index in [1.165, 1.54) is 71.4 Å². The van der Waals surface area contributed by atoms with E-state index in [1.54, 1.807) is 0 Å². The number of fused-ring (bicyclic) bond motifs is 8. The van der Waals surface area contributed by atoms with Crippen molar-refractivity contribution in [3.63, 3.8) is 0 Å². The number of rotatable bonds is 2. The lowest BCUT2D eigenvalue weighted by Gasteiger charge is -2.23. The molecule has 8 aromatic rings. The molecule has 0 unspecified atom stereocenters. The van der Waals surface area contributed by atoms with Crippen LogP contribution in [0.25, 0.3) is 76.9 Å². The Morgan fingerprint density at radius 3 is 1.88 bits per heavy atom. The summed E-state index contributed by atoms with van der Waals surface area (Å²) in [5.41, 5.74) is 12.1. The molecule has 0 saturated heterocycles. The topological polar surface area (TPSA) is 13.1 Å². The summed E-state index contributed by atoms with van der Waals surface area (Å²) in [6, 6.07) is 48.7. The second-order valence-electron chi connectivity index (χ2n) is 12.2. The van der Waals surface area contributed by atoms with Gasteiger partial charge in [-0.25, -0.2) is 0 Å². The largest absolute Gasteiger partial charge is 0.456 e. The molecular weight excluding hydrogens is 508 g/mol. The fraction of sp³-hybridized carbons (Fsp3) is 0.0732. The minimum absolute atomic E-state index is 0.142. The van der Waals surface area contributed by atoms with Gasteiger partial charge in [-0.1, -0.05) is 105 Å². The van der Waals surface area contributed by atoms with Crippen molar-refractivity contribution in [2.45, 2.75) is 19.3 Å². The number of furan rings is 1. The number of hydrogen-bond donors (Lipinski definition) is 0. The third kappa shape index (κ3) is 3.25. The lowest BCUT2D eigenvalue weighted by molar-refractivity contribution is 0.661. The highest BCUT2D eigenvalue weighted by molar-refractivity contribution is 6.16. The van der Waals surface area contributed by atoms with Crippen LogP contribution in [0.4, 0.5) is 0 Å². The van der Waals surface area contributed by atoms with Gasteiger partial charge in [0, 0.05) is 16.2 Å². The molecule has 1 aliphatic rings. The third-order valence-electron chi connectivity index (χ3n) is 9.40. The second-order valence-corrected chi connectivity index (χ2v) is 12.2. The molecule has 0 aliphatic heterocycles. The first kappa shape index (κ1) is 23.6. The van der Waals surface area contributed by atoms with Crippen LogP contribution in [0.2, 0.25) is 0 Å². The quantitative estimate of drug-likeness (QED) is 0.214. The van der Waals surface area contributed by atoms with E-state index < -0.39 is 0 Å². The van der Waals surface area contributed by atoms with Crippen LogP contribution in [0.5, 0.6) is 0 Å². The standard InChI is InChI=1S/C41H28O/c1-41(2)35-22-28-15-8-6-13-26(28)19-33(35)39-32(25-11-4-3-5-12-25)21-30(23-36(39)41)31-17-10-18-37-40(31)34-20-27-14-7-9-16-29(27)24-38(34)42-37/h3-24H,1-2H3. The summed E-state index contributed by atoms with van der Waals surface area (Å²) in [5.74, 6) is 0. The molecule has 1 aromatic heterocycles. The van der Waals surface area contributed by atoms with E-state index in [4.69, 9.17) is 4.42 Å². The molecule has 0 amide bonds. The molecule has 0 atom stereocenters. The van der Waals surface area contributed by atoms with E-state index in [-0.39, 0.29) is 5.41 Å². The average molecular weight is 537 g/mol. The maximum absolute atomic E-state index is 6.47. The summed E-state index contributed by atoms with van der Waals surface area (Å²) in [5, 5.41) is 7.34. The van der Waals surface area contributed by atoms with Crippen molar-refractivity contribution in [3.8, 4) is 33.4 Å². The van der Waals surface area contributed by atoms with Gasteiger partial charge >= 0.3 is 0 Å². The Balaban J connectivity index is 1.38. The Bertz CT molecular complexity index is 2370. The molecule has 0 spiro atoms. The minimum atomic E-state index is -0.142. The summed E-state index contributed by atoms with van der Waals surface area (Å²) in [4.78, 5) is 0. The fourth-order valence-electron chi connectivity index (χ4n) is 7.29. The van der Waals surface area contributed by atoms with Gasteiger partial charge in [0.1, 0.15) is 11.2 Å². The third-order valence-corrected chi connectivity index (χ3v) is 9.40. The molecule has 0 radical (unpaired) electrons. The van der Waals surface area contributed by atoms with Crippen LogP contribution in [0.3, 0.4) is 0 Å². The van der Waals surface area contributed by atoms with Crippen LogP contribution < -0.4 is 0 Å². The number of benzene rings is 7. The first-order chi connectivity index (χ1) is 20.6. The van der Waals surface area contributed by atoms with Crippen molar-refractivity contribution in [3.05, 3.63) is 145 Å². The van der Waals surface area contributed by atoms with Crippen LogP contribution >= 0.6 is 0 Å². The van der Waals surface area contributed by atoms with E-state index in [9.17, 15) is 0 Å². The smallest absolute Gasteiger partial charge is 0.136 e. The van der Waals surface area contributed by atoms with Crippen LogP contribution in [-0.4, -0.2) is 0 Å². The molecule has 1 aliphatic carbocycles. The first-order valence-electron chi connectivity index (χ1n) is 14.7. The van der Waals surface area contributed by atoms with Gasteiger partial charge in [-0.2, -0.15) is 0 Å². The first-order valence-corrected chi connectivity index (χ1v) is 14.7. The van der Waals surface area contributed by atoms with Crippen molar-refractivity contribution < 1.29 is 4.42 Å². The van der Waals surface area contributed by atoms with E-state index in [0.29, 0.717) is 0 Å². The molecule has 0 saturated carbocycles. The molecule has 1 heterocycles. The highest BCUT2D eigenvalue weighted by Gasteiger charge is 2.38. The Morgan fingerprint density at radius 2 is 1.12 bits per heavy atom. The van der Waals surface area contributed by atoms with E-state index in [0.717, 1.165) is 16.6 Å². The summed E-state index contributed by atoms with van der Waals surface area (Å²) < 4.78 is 6.47. The minimum Gasteiger partial charge on any atom is -0.456 e. The van der Waals surface area contributed by atoms with Crippen LogP contribution in [-0.2, 0) is 5.41 Å². The summed E-state index contributed by atoms with van der Waals surface area (Å²) in [7, 11) is 0. The van der Waals surface area contributed by atoms with Crippen molar-refractivity contribution in [1.29, 1.82) is 0 Å². The van der Waals surface area contributed by atoms with Crippen LogP contribution in [0.1, 0.15) is 25.0 Å². The lowest BCUT2D eigenvalue weighted by atomic mass is 9.80. The SMILES string of the molecule is CC1(C)c2cc3ccccc3cc2-c2c(-c3ccccc3)cc(-c3cccc4oc5cc6ccccc6cc5c34)cc21. The van der Waals surface area contributed by atoms with Crippen molar-refractivity contribution in [2.75, 3.05) is 0 Å².